The van der Waals surface area contributed by atoms with Gasteiger partial charge in [0.2, 0.25) is 5.28 Å². The average molecular weight is 269 g/mol. The van der Waals surface area contributed by atoms with Gasteiger partial charge in [-0.25, -0.2) is 9.97 Å². The van der Waals surface area contributed by atoms with Crippen LogP contribution in [0.3, 0.4) is 0 Å². The van der Waals surface area contributed by atoms with E-state index in [2.05, 4.69) is 9.97 Å². The molecule has 0 aliphatic carbocycles. The molecular weight excluding hydrogens is 259 g/mol. The van der Waals surface area contributed by atoms with Gasteiger partial charge in [-0.05, 0) is 30.7 Å². The van der Waals surface area contributed by atoms with Crippen molar-refractivity contribution in [2.24, 2.45) is 0 Å². The number of ether oxygens (including phenoxy) is 1. The minimum absolute atomic E-state index is 0.124. The van der Waals surface area contributed by atoms with Gasteiger partial charge < -0.3 is 4.74 Å². The second kappa shape index (κ2) is 5.34. The molecule has 17 heavy (non-hydrogen) atoms. The SMILES string of the molecule is CCOc1ccccc1-c1cc(Cl)nc(Cl)n1. The highest BCUT2D eigenvalue weighted by Crippen LogP contribution is 2.30. The maximum absolute atomic E-state index is 5.85. The van der Waals surface area contributed by atoms with Gasteiger partial charge in [0.1, 0.15) is 10.9 Å². The maximum atomic E-state index is 5.85. The normalized spacial score (nSPS) is 10.3. The third-order valence-corrected chi connectivity index (χ3v) is 2.49. The molecule has 0 fully saturated rings. The molecule has 0 radical (unpaired) electrons. The molecule has 0 atom stereocenters. The first kappa shape index (κ1) is 12.1. The first-order valence-corrected chi connectivity index (χ1v) is 5.88. The average Bonchev–Trinajstić information content (AvgIpc) is 2.29. The summed E-state index contributed by atoms with van der Waals surface area (Å²) in [5.74, 6) is 0.751. The lowest BCUT2D eigenvalue weighted by Crippen LogP contribution is -1.95. The summed E-state index contributed by atoms with van der Waals surface area (Å²) < 4.78 is 5.52. The fraction of sp³-hybridized carbons (Fsp3) is 0.167. The molecule has 0 aliphatic heterocycles. The van der Waals surface area contributed by atoms with Gasteiger partial charge in [0, 0.05) is 11.6 Å². The van der Waals surface area contributed by atoms with E-state index in [-0.39, 0.29) is 5.28 Å². The van der Waals surface area contributed by atoms with E-state index in [1.807, 2.05) is 31.2 Å². The van der Waals surface area contributed by atoms with E-state index in [4.69, 9.17) is 27.9 Å². The molecule has 0 bridgehead atoms. The number of rotatable bonds is 3. The van der Waals surface area contributed by atoms with Crippen molar-refractivity contribution in [3.63, 3.8) is 0 Å². The summed E-state index contributed by atoms with van der Waals surface area (Å²) in [6.07, 6.45) is 0. The molecule has 3 nitrogen and oxygen atoms in total. The molecule has 0 saturated carbocycles. The Balaban J connectivity index is 2.51. The van der Waals surface area contributed by atoms with E-state index in [0.717, 1.165) is 11.3 Å². The lowest BCUT2D eigenvalue weighted by atomic mass is 10.1. The standard InChI is InChI=1S/C12H10Cl2N2O/c1-2-17-10-6-4-3-5-8(10)9-7-11(13)16-12(14)15-9/h3-7H,2H2,1H3. The first-order valence-electron chi connectivity index (χ1n) is 5.13. The van der Waals surface area contributed by atoms with Crippen LogP contribution < -0.4 is 4.74 Å². The molecule has 88 valence electrons. The molecule has 1 heterocycles. The molecule has 1 aromatic heterocycles. The van der Waals surface area contributed by atoms with Crippen LogP contribution in [0.5, 0.6) is 5.75 Å². The number of nitrogens with zero attached hydrogens (tertiary/aromatic N) is 2. The highest BCUT2D eigenvalue weighted by molar-refractivity contribution is 6.32. The van der Waals surface area contributed by atoms with Gasteiger partial charge in [-0.2, -0.15) is 0 Å². The van der Waals surface area contributed by atoms with Crippen molar-refractivity contribution < 1.29 is 4.74 Å². The predicted molar refractivity (Wildman–Crippen MR) is 68.7 cm³/mol. The van der Waals surface area contributed by atoms with Gasteiger partial charge in [-0.1, -0.05) is 23.7 Å². The zero-order valence-electron chi connectivity index (χ0n) is 9.15. The number of aromatic nitrogens is 2. The minimum atomic E-state index is 0.124. The van der Waals surface area contributed by atoms with E-state index in [9.17, 15) is 0 Å². The Labute approximate surface area is 109 Å². The van der Waals surface area contributed by atoms with E-state index in [1.54, 1.807) is 6.07 Å². The number of hydrogen-bond acceptors (Lipinski definition) is 3. The minimum Gasteiger partial charge on any atom is -0.493 e. The second-order valence-corrected chi connectivity index (χ2v) is 4.00. The summed E-state index contributed by atoms with van der Waals surface area (Å²) in [7, 11) is 0. The van der Waals surface area contributed by atoms with Crippen molar-refractivity contribution in [2.75, 3.05) is 6.61 Å². The van der Waals surface area contributed by atoms with Crippen molar-refractivity contribution in [1.82, 2.24) is 9.97 Å². The van der Waals surface area contributed by atoms with Gasteiger partial charge in [-0.15, -0.1) is 0 Å². The van der Waals surface area contributed by atoms with Crippen LogP contribution in [-0.2, 0) is 0 Å². The van der Waals surface area contributed by atoms with Crippen LogP contribution in [0.4, 0.5) is 0 Å². The van der Waals surface area contributed by atoms with E-state index in [0.29, 0.717) is 17.5 Å². The topological polar surface area (TPSA) is 35.0 Å². The molecule has 0 amide bonds. The second-order valence-electron chi connectivity index (χ2n) is 3.27. The van der Waals surface area contributed by atoms with E-state index < -0.39 is 0 Å². The fourth-order valence-corrected chi connectivity index (χ4v) is 1.90. The molecule has 5 heteroatoms. The van der Waals surface area contributed by atoms with Crippen LogP contribution in [0.15, 0.2) is 30.3 Å². The largest absolute Gasteiger partial charge is 0.493 e. The van der Waals surface area contributed by atoms with Crippen molar-refractivity contribution >= 4 is 23.2 Å². The Kier molecular flexibility index (Phi) is 3.82. The molecule has 1 aromatic carbocycles. The van der Waals surface area contributed by atoms with E-state index in [1.165, 1.54) is 0 Å². The Bertz CT molecular complexity index is 511. The monoisotopic (exact) mass is 268 g/mol. The van der Waals surface area contributed by atoms with Crippen LogP contribution in [0, 0.1) is 0 Å². The van der Waals surface area contributed by atoms with Gasteiger partial charge in [0.05, 0.1) is 12.3 Å². The predicted octanol–water partition coefficient (Wildman–Crippen LogP) is 3.85. The number of benzene rings is 1. The van der Waals surface area contributed by atoms with E-state index >= 15 is 0 Å². The molecule has 0 saturated heterocycles. The summed E-state index contributed by atoms with van der Waals surface area (Å²) in [5.41, 5.74) is 1.50. The van der Waals surface area contributed by atoms with Gasteiger partial charge in [-0.3, -0.25) is 0 Å². The quantitative estimate of drug-likeness (QED) is 0.627. The Morgan fingerprint density at radius 2 is 1.94 bits per heavy atom. The Morgan fingerprint density at radius 3 is 2.65 bits per heavy atom. The van der Waals surface area contributed by atoms with Gasteiger partial charge in [0.25, 0.3) is 0 Å². The molecule has 0 N–H and O–H groups in total. The summed E-state index contributed by atoms with van der Waals surface area (Å²) >= 11 is 11.6. The Morgan fingerprint density at radius 1 is 1.18 bits per heavy atom. The zero-order valence-corrected chi connectivity index (χ0v) is 10.7. The molecular formula is C12H10Cl2N2O. The van der Waals surface area contributed by atoms with Gasteiger partial charge in [0.15, 0.2) is 0 Å². The van der Waals surface area contributed by atoms with Crippen LogP contribution in [0.2, 0.25) is 10.4 Å². The lowest BCUT2D eigenvalue weighted by Gasteiger charge is -2.09. The van der Waals surface area contributed by atoms with Crippen LogP contribution in [-0.4, -0.2) is 16.6 Å². The van der Waals surface area contributed by atoms with Crippen LogP contribution in [0.1, 0.15) is 6.92 Å². The summed E-state index contributed by atoms with van der Waals surface area (Å²) in [5, 5.41) is 0.435. The summed E-state index contributed by atoms with van der Waals surface area (Å²) in [4.78, 5) is 7.95. The van der Waals surface area contributed by atoms with Crippen molar-refractivity contribution in [3.8, 4) is 17.0 Å². The van der Waals surface area contributed by atoms with Crippen LogP contribution >= 0.6 is 23.2 Å². The molecule has 2 aromatic rings. The molecule has 0 unspecified atom stereocenters. The fourth-order valence-electron chi connectivity index (χ4n) is 1.49. The molecule has 0 spiro atoms. The lowest BCUT2D eigenvalue weighted by molar-refractivity contribution is 0.341. The van der Waals surface area contributed by atoms with Crippen molar-refractivity contribution in [2.45, 2.75) is 6.92 Å². The molecule has 0 aliphatic rings. The van der Waals surface area contributed by atoms with Crippen molar-refractivity contribution in [1.29, 1.82) is 0 Å². The first-order chi connectivity index (χ1) is 8.20. The zero-order chi connectivity index (χ0) is 12.3. The van der Waals surface area contributed by atoms with Crippen LogP contribution in [0.25, 0.3) is 11.3 Å². The number of halogens is 2. The smallest absolute Gasteiger partial charge is 0.224 e. The number of para-hydroxylation sites is 1. The highest BCUT2D eigenvalue weighted by Gasteiger charge is 2.09. The van der Waals surface area contributed by atoms with Crippen molar-refractivity contribution in [3.05, 3.63) is 40.8 Å². The third-order valence-electron chi connectivity index (χ3n) is 2.13. The summed E-state index contributed by atoms with van der Waals surface area (Å²) in [6.45, 7) is 2.51. The van der Waals surface area contributed by atoms with Gasteiger partial charge >= 0.3 is 0 Å². The summed E-state index contributed by atoms with van der Waals surface area (Å²) in [6, 6.07) is 9.24. The maximum Gasteiger partial charge on any atom is 0.224 e. The highest BCUT2D eigenvalue weighted by atomic mass is 35.5. The third kappa shape index (κ3) is 2.87. The Hall–Kier alpha value is -1.32. The molecule has 2 rings (SSSR count). The number of hydrogen-bond donors (Lipinski definition) is 0.